The van der Waals surface area contributed by atoms with E-state index >= 15 is 0 Å². The molecule has 0 fully saturated rings. The van der Waals surface area contributed by atoms with Crippen LogP contribution in [0.4, 0.5) is 5.69 Å². The van der Waals surface area contributed by atoms with Crippen LogP contribution >= 0.6 is 0 Å². The fraction of sp³-hybridized carbons (Fsp3) is 0.538. The quantitative estimate of drug-likeness (QED) is 0.624. The molecular weight excluding hydrogens is 170 g/mol. The number of rotatable bonds is 0. The first kappa shape index (κ1) is 9.57. The second-order valence-corrected chi connectivity index (χ2v) is 4.84. The fourth-order valence-corrected chi connectivity index (χ4v) is 2.31. The summed E-state index contributed by atoms with van der Waals surface area (Å²) in [5.74, 6) is 1.61. The molecule has 1 aliphatic rings. The third kappa shape index (κ3) is 1.52. The molecule has 0 amide bonds. The molecule has 0 bridgehead atoms. The van der Waals surface area contributed by atoms with Crippen molar-refractivity contribution in [3.05, 3.63) is 28.8 Å². The topological polar surface area (TPSA) is 26.0 Å². The van der Waals surface area contributed by atoms with Gasteiger partial charge >= 0.3 is 0 Å². The predicted octanol–water partition coefficient (Wildman–Crippen LogP) is 2.95. The minimum absolute atomic E-state index is 0.796. The van der Waals surface area contributed by atoms with Gasteiger partial charge in [-0.15, -0.1) is 0 Å². The Kier molecular flexibility index (Phi) is 2.26. The number of hydrogen-bond acceptors (Lipinski definition) is 1. The van der Waals surface area contributed by atoms with Crippen molar-refractivity contribution in [3.63, 3.8) is 0 Å². The van der Waals surface area contributed by atoms with Gasteiger partial charge in [0, 0.05) is 5.69 Å². The Morgan fingerprint density at radius 3 is 2.14 bits per heavy atom. The highest BCUT2D eigenvalue weighted by Crippen LogP contribution is 2.32. The molecule has 0 aliphatic heterocycles. The van der Waals surface area contributed by atoms with Gasteiger partial charge in [-0.05, 0) is 54.4 Å². The average molecular weight is 189 g/mol. The van der Waals surface area contributed by atoms with Gasteiger partial charge in [0.25, 0.3) is 0 Å². The summed E-state index contributed by atoms with van der Waals surface area (Å²) >= 11 is 0. The lowest BCUT2D eigenvalue weighted by molar-refractivity contribution is 0.361. The first-order chi connectivity index (χ1) is 6.58. The van der Waals surface area contributed by atoms with Gasteiger partial charge in [0.2, 0.25) is 0 Å². The first-order valence-corrected chi connectivity index (χ1v) is 5.46. The molecule has 76 valence electrons. The summed E-state index contributed by atoms with van der Waals surface area (Å²) in [7, 11) is 0. The fourth-order valence-electron chi connectivity index (χ4n) is 2.31. The van der Waals surface area contributed by atoms with Crippen LogP contribution in [0.25, 0.3) is 0 Å². The smallest absolute Gasteiger partial charge is 0.0346 e. The molecule has 0 radical (unpaired) electrons. The number of nitrogen functional groups attached to an aromatic ring is 1. The van der Waals surface area contributed by atoms with E-state index in [1.165, 1.54) is 29.5 Å². The van der Waals surface area contributed by atoms with Crippen molar-refractivity contribution < 1.29 is 0 Å². The van der Waals surface area contributed by atoms with E-state index in [9.17, 15) is 0 Å². The molecule has 0 saturated carbocycles. The van der Waals surface area contributed by atoms with E-state index in [1.54, 1.807) is 0 Å². The van der Waals surface area contributed by atoms with E-state index in [2.05, 4.69) is 32.9 Å². The Hall–Kier alpha value is -0.980. The molecular formula is C13H19N. The Morgan fingerprint density at radius 2 is 1.57 bits per heavy atom. The van der Waals surface area contributed by atoms with Crippen molar-refractivity contribution in [3.8, 4) is 0 Å². The average Bonchev–Trinajstić information content (AvgIpc) is 2.11. The third-order valence-electron chi connectivity index (χ3n) is 3.64. The highest BCUT2D eigenvalue weighted by molar-refractivity contribution is 5.52. The summed E-state index contributed by atoms with van der Waals surface area (Å²) < 4.78 is 0. The Labute approximate surface area is 86.3 Å². The van der Waals surface area contributed by atoms with Crippen molar-refractivity contribution >= 4 is 5.69 Å². The van der Waals surface area contributed by atoms with Gasteiger partial charge in [0.05, 0.1) is 0 Å². The molecule has 14 heavy (non-hydrogen) atoms. The lowest BCUT2D eigenvalue weighted by Gasteiger charge is -2.28. The second kappa shape index (κ2) is 3.30. The maximum absolute atomic E-state index is 5.92. The minimum atomic E-state index is 0.796. The van der Waals surface area contributed by atoms with Gasteiger partial charge in [-0.2, -0.15) is 0 Å². The van der Waals surface area contributed by atoms with Gasteiger partial charge in [-0.1, -0.05) is 19.9 Å². The maximum Gasteiger partial charge on any atom is 0.0346 e. The van der Waals surface area contributed by atoms with Gasteiger partial charge in [0.15, 0.2) is 0 Å². The molecule has 1 nitrogen and oxygen atoms in total. The largest absolute Gasteiger partial charge is 0.399 e. The maximum atomic E-state index is 5.92. The molecule has 2 N–H and O–H groups in total. The molecule has 0 heterocycles. The second-order valence-electron chi connectivity index (χ2n) is 4.84. The number of aryl methyl sites for hydroxylation is 1. The summed E-state index contributed by atoms with van der Waals surface area (Å²) in [5, 5.41) is 0. The number of hydrogen-bond donors (Lipinski definition) is 1. The molecule has 2 rings (SSSR count). The summed E-state index contributed by atoms with van der Waals surface area (Å²) in [4.78, 5) is 0. The van der Waals surface area contributed by atoms with E-state index in [-0.39, 0.29) is 0 Å². The molecule has 1 aromatic rings. The Balaban J connectivity index is 2.42. The van der Waals surface area contributed by atoms with Crippen LogP contribution in [-0.2, 0) is 12.8 Å². The summed E-state index contributed by atoms with van der Waals surface area (Å²) in [5.41, 5.74) is 11.1. The minimum Gasteiger partial charge on any atom is -0.399 e. The van der Waals surface area contributed by atoms with E-state index in [0.717, 1.165) is 17.5 Å². The molecule has 2 atom stereocenters. The Bertz CT molecular complexity index is 319. The van der Waals surface area contributed by atoms with Crippen LogP contribution in [0.15, 0.2) is 12.1 Å². The van der Waals surface area contributed by atoms with Crippen LogP contribution < -0.4 is 5.73 Å². The van der Waals surface area contributed by atoms with E-state index in [1.807, 2.05) is 0 Å². The Morgan fingerprint density at radius 1 is 1.07 bits per heavy atom. The SMILES string of the molecule is Cc1cc2c(cc1N)CC(C)C(C)C2. The lowest BCUT2D eigenvalue weighted by atomic mass is 9.77. The molecule has 1 heteroatoms. The van der Waals surface area contributed by atoms with Crippen molar-refractivity contribution in [2.24, 2.45) is 11.8 Å². The van der Waals surface area contributed by atoms with Crippen LogP contribution in [0.2, 0.25) is 0 Å². The summed E-state index contributed by atoms with van der Waals surface area (Å²) in [6, 6.07) is 4.44. The van der Waals surface area contributed by atoms with Crippen molar-refractivity contribution in [1.29, 1.82) is 0 Å². The predicted molar refractivity (Wildman–Crippen MR) is 61.3 cm³/mol. The van der Waals surface area contributed by atoms with Crippen molar-refractivity contribution in [2.75, 3.05) is 5.73 Å². The number of nitrogens with two attached hydrogens (primary N) is 1. The van der Waals surface area contributed by atoms with Gasteiger partial charge in [-0.3, -0.25) is 0 Å². The van der Waals surface area contributed by atoms with Gasteiger partial charge in [-0.25, -0.2) is 0 Å². The summed E-state index contributed by atoms with van der Waals surface area (Å²) in [6.07, 6.45) is 2.42. The zero-order valence-electron chi connectivity index (χ0n) is 9.30. The third-order valence-corrected chi connectivity index (χ3v) is 3.64. The summed E-state index contributed by atoms with van der Waals surface area (Å²) in [6.45, 7) is 6.78. The molecule has 1 aliphatic carbocycles. The van der Waals surface area contributed by atoms with E-state index in [4.69, 9.17) is 5.73 Å². The molecule has 1 aromatic carbocycles. The highest BCUT2D eigenvalue weighted by Gasteiger charge is 2.22. The molecule has 0 aromatic heterocycles. The monoisotopic (exact) mass is 189 g/mol. The van der Waals surface area contributed by atoms with E-state index < -0.39 is 0 Å². The number of benzene rings is 1. The zero-order chi connectivity index (χ0) is 10.3. The lowest BCUT2D eigenvalue weighted by Crippen LogP contribution is -2.21. The molecule has 2 unspecified atom stereocenters. The van der Waals surface area contributed by atoms with Crippen molar-refractivity contribution in [1.82, 2.24) is 0 Å². The van der Waals surface area contributed by atoms with Crippen LogP contribution in [0.3, 0.4) is 0 Å². The highest BCUT2D eigenvalue weighted by atomic mass is 14.6. The van der Waals surface area contributed by atoms with Gasteiger partial charge in [0.1, 0.15) is 0 Å². The normalized spacial score (nSPS) is 25.9. The van der Waals surface area contributed by atoms with Crippen LogP contribution in [-0.4, -0.2) is 0 Å². The van der Waals surface area contributed by atoms with Crippen molar-refractivity contribution in [2.45, 2.75) is 33.6 Å². The standard InChI is InChI=1S/C13H19N/c1-8-4-11-6-10(3)13(14)7-12(11)5-9(8)2/h6-9H,4-5,14H2,1-3H3. The van der Waals surface area contributed by atoms with E-state index in [0.29, 0.717) is 0 Å². The van der Waals surface area contributed by atoms with Crippen LogP contribution in [0, 0.1) is 18.8 Å². The molecule has 0 spiro atoms. The molecule has 0 saturated heterocycles. The number of fused-ring (bicyclic) bond motifs is 1. The van der Waals surface area contributed by atoms with Gasteiger partial charge < -0.3 is 5.73 Å². The van der Waals surface area contributed by atoms with Crippen LogP contribution in [0.5, 0.6) is 0 Å². The van der Waals surface area contributed by atoms with Crippen LogP contribution in [0.1, 0.15) is 30.5 Å². The number of anilines is 1. The first-order valence-electron chi connectivity index (χ1n) is 5.46. The zero-order valence-corrected chi connectivity index (χ0v) is 9.30.